The minimum absolute atomic E-state index is 0.0548. The zero-order chi connectivity index (χ0) is 19.1. The van der Waals surface area contributed by atoms with E-state index in [9.17, 15) is 14.4 Å². The number of carbonyl (C=O) groups is 3. The third kappa shape index (κ3) is 5.71. The predicted molar refractivity (Wildman–Crippen MR) is 95.6 cm³/mol. The van der Waals surface area contributed by atoms with Crippen LogP contribution in [-0.4, -0.2) is 47.5 Å². The van der Waals surface area contributed by atoms with Gasteiger partial charge >= 0.3 is 6.03 Å². The van der Waals surface area contributed by atoms with Crippen molar-refractivity contribution in [2.75, 3.05) is 24.2 Å². The van der Waals surface area contributed by atoms with E-state index in [1.807, 2.05) is 6.07 Å². The van der Waals surface area contributed by atoms with Crippen LogP contribution >= 0.6 is 0 Å². The Balaban J connectivity index is 1.80. The summed E-state index contributed by atoms with van der Waals surface area (Å²) in [4.78, 5) is 37.5. The molecule has 9 heteroatoms. The van der Waals surface area contributed by atoms with Crippen molar-refractivity contribution in [1.82, 2.24) is 15.4 Å². The number of benzene rings is 1. The van der Waals surface area contributed by atoms with E-state index in [1.54, 1.807) is 51.2 Å². The van der Waals surface area contributed by atoms with Crippen molar-refractivity contribution in [2.24, 2.45) is 0 Å². The van der Waals surface area contributed by atoms with E-state index in [-0.39, 0.29) is 12.5 Å². The summed E-state index contributed by atoms with van der Waals surface area (Å²) in [5.41, 5.74) is 0.570. The average Bonchev–Trinajstić information content (AvgIpc) is 2.99. The summed E-state index contributed by atoms with van der Waals surface area (Å²) in [6.07, 6.45) is 0. The third-order valence-corrected chi connectivity index (χ3v) is 3.60. The van der Waals surface area contributed by atoms with Gasteiger partial charge in [0.05, 0.1) is 12.6 Å². The molecule has 0 radical (unpaired) electrons. The van der Waals surface area contributed by atoms with Gasteiger partial charge in [-0.2, -0.15) is 0 Å². The van der Waals surface area contributed by atoms with Crippen molar-refractivity contribution in [2.45, 2.75) is 19.9 Å². The van der Waals surface area contributed by atoms with Gasteiger partial charge in [0.25, 0.3) is 0 Å². The smallest absolute Gasteiger partial charge is 0.325 e. The highest BCUT2D eigenvalue weighted by Gasteiger charge is 2.22. The van der Waals surface area contributed by atoms with E-state index in [1.165, 1.54) is 4.90 Å². The van der Waals surface area contributed by atoms with Crippen molar-refractivity contribution in [3.05, 3.63) is 42.2 Å². The van der Waals surface area contributed by atoms with Gasteiger partial charge < -0.3 is 15.2 Å². The zero-order valence-corrected chi connectivity index (χ0v) is 14.8. The molecule has 3 N–H and O–H groups in total. The number of likely N-dealkylation sites (N-methyl/N-ethyl adjacent to an activating group) is 1. The molecule has 1 heterocycles. The number of aromatic nitrogens is 1. The fraction of sp³-hybridized carbons (Fsp3) is 0.294. The van der Waals surface area contributed by atoms with Crippen LogP contribution < -0.4 is 16.0 Å². The first-order valence-electron chi connectivity index (χ1n) is 7.95. The molecule has 0 saturated heterocycles. The number of hydrogen-bond donors (Lipinski definition) is 3. The number of amides is 4. The van der Waals surface area contributed by atoms with Gasteiger partial charge in [0.15, 0.2) is 5.82 Å². The Morgan fingerprint density at radius 1 is 1.19 bits per heavy atom. The first-order chi connectivity index (χ1) is 12.3. The number of nitrogens with zero attached hydrogens (tertiary/aromatic N) is 2. The summed E-state index contributed by atoms with van der Waals surface area (Å²) in [5.74, 6) is 0.00581. The van der Waals surface area contributed by atoms with Crippen molar-refractivity contribution in [3.8, 4) is 0 Å². The van der Waals surface area contributed by atoms with Crippen molar-refractivity contribution in [1.29, 1.82) is 0 Å². The van der Waals surface area contributed by atoms with Crippen LogP contribution in [0.3, 0.4) is 0 Å². The Morgan fingerprint density at radius 2 is 1.88 bits per heavy atom. The van der Waals surface area contributed by atoms with Crippen LogP contribution in [-0.2, 0) is 9.59 Å². The monoisotopic (exact) mass is 359 g/mol. The molecule has 0 bridgehead atoms. The van der Waals surface area contributed by atoms with Crippen molar-refractivity contribution >= 4 is 29.4 Å². The number of anilines is 2. The second-order valence-electron chi connectivity index (χ2n) is 5.77. The van der Waals surface area contributed by atoms with Gasteiger partial charge in [0.2, 0.25) is 11.8 Å². The van der Waals surface area contributed by atoms with E-state index >= 15 is 0 Å². The molecular formula is C17H21N5O4. The molecule has 0 aliphatic carbocycles. The summed E-state index contributed by atoms with van der Waals surface area (Å²) in [7, 11) is 1.60. The molecule has 4 amide bonds. The molecule has 9 nitrogen and oxygen atoms in total. The van der Waals surface area contributed by atoms with Gasteiger partial charge in [-0.15, -0.1) is 0 Å². The van der Waals surface area contributed by atoms with Crippen LogP contribution in [0, 0.1) is 6.92 Å². The maximum Gasteiger partial charge on any atom is 0.325 e. The minimum Gasteiger partial charge on any atom is -0.360 e. The highest BCUT2D eigenvalue weighted by molar-refractivity contribution is 6.03. The quantitative estimate of drug-likeness (QED) is 0.721. The topological polar surface area (TPSA) is 117 Å². The molecule has 138 valence electrons. The van der Waals surface area contributed by atoms with Gasteiger partial charge in [-0.25, -0.2) is 4.79 Å². The maximum absolute atomic E-state index is 12.2. The molecular weight excluding hydrogens is 338 g/mol. The largest absolute Gasteiger partial charge is 0.360 e. The van der Waals surface area contributed by atoms with Crippen LogP contribution in [0.4, 0.5) is 16.3 Å². The molecule has 1 atom stereocenters. The van der Waals surface area contributed by atoms with Crippen LogP contribution in [0.25, 0.3) is 0 Å². The summed E-state index contributed by atoms with van der Waals surface area (Å²) in [5, 5.41) is 11.0. The first-order valence-corrected chi connectivity index (χ1v) is 7.95. The highest BCUT2D eigenvalue weighted by Crippen LogP contribution is 2.07. The Kier molecular flexibility index (Phi) is 6.45. The molecule has 0 spiro atoms. The number of imide groups is 1. The summed E-state index contributed by atoms with van der Waals surface area (Å²) in [6, 6.07) is 9.01. The SMILES string of the molecule is Cc1cc(NC(=O)CN(C)C(C)C(=O)NC(=O)Nc2ccccc2)no1. The van der Waals surface area contributed by atoms with Crippen LogP contribution in [0.15, 0.2) is 40.9 Å². The van der Waals surface area contributed by atoms with E-state index in [2.05, 4.69) is 21.1 Å². The minimum atomic E-state index is -0.693. The number of carbonyl (C=O) groups excluding carboxylic acids is 3. The molecule has 0 aliphatic heterocycles. The standard InChI is InChI=1S/C17H21N5O4/c1-11-9-14(21-26-11)19-15(23)10-22(3)12(2)16(24)20-17(25)18-13-7-5-4-6-8-13/h4-9,12H,10H2,1-3H3,(H,19,21,23)(H2,18,20,24,25). The fourth-order valence-corrected chi connectivity index (χ4v) is 2.07. The van der Waals surface area contributed by atoms with E-state index in [0.29, 0.717) is 17.3 Å². The second-order valence-corrected chi connectivity index (χ2v) is 5.77. The van der Waals surface area contributed by atoms with Gasteiger partial charge in [-0.3, -0.25) is 19.8 Å². The van der Waals surface area contributed by atoms with E-state index < -0.39 is 18.0 Å². The van der Waals surface area contributed by atoms with Crippen LogP contribution in [0.2, 0.25) is 0 Å². The van der Waals surface area contributed by atoms with Gasteiger partial charge in [0.1, 0.15) is 5.76 Å². The lowest BCUT2D eigenvalue weighted by Crippen LogP contribution is -2.48. The molecule has 26 heavy (non-hydrogen) atoms. The van der Waals surface area contributed by atoms with Gasteiger partial charge in [-0.1, -0.05) is 23.4 Å². The number of urea groups is 1. The lowest BCUT2D eigenvalue weighted by Gasteiger charge is -2.22. The number of hydrogen-bond acceptors (Lipinski definition) is 6. The molecule has 2 rings (SSSR count). The number of nitrogens with one attached hydrogen (secondary N) is 3. The Labute approximate surface area is 150 Å². The predicted octanol–water partition coefficient (Wildman–Crippen LogP) is 1.59. The number of aryl methyl sites for hydroxylation is 1. The number of rotatable bonds is 6. The molecule has 2 aromatic rings. The molecule has 0 aliphatic rings. The van der Waals surface area contributed by atoms with Crippen LogP contribution in [0.1, 0.15) is 12.7 Å². The second kappa shape index (κ2) is 8.77. The average molecular weight is 359 g/mol. The Hall–Kier alpha value is -3.20. The fourth-order valence-electron chi connectivity index (χ4n) is 2.07. The number of para-hydroxylation sites is 1. The molecule has 0 fully saturated rings. The first kappa shape index (κ1) is 19.1. The molecule has 1 aromatic heterocycles. The summed E-state index contributed by atoms with van der Waals surface area (Å²) in [6.45, 7) is 3.25. The zero-order valence-electron chi connectivity index (χ0n) is 14.8. The van der Waals surface area contributed by atoms with E-state index in [4.69, 9.17) is 4.52 Å². The van der Waals surface area contributed by atoms with Crippen LogP contribution in [0.5, 0.6) is 0 Å². The normalized spacial score (nSPS) is 11.7. The molecule has 1 aromatic carbocycles. The Morgan fingerprint density at radius 3 is 2.50 bits per heavy atom. The third-order valence-electron chi connectivity index (χ3n) is 3.60. The summed E-state index contributed by atoms with van der Waals surface area (Å²) >= 11 is 0. The van der Waals surface area contributed by atoms with Gasteiger partial charge in [-0.05, 0) is 33.0 Å². The molecule has 0 saturated carbocycles. The van der Waals surface area contributed by atoms with Gasteiger partial charge in [0, 0.05) is 11.8 Å². The lowest BCUT2D eigenvalue weighted by molar-refractivity contribution is -0.125. The van der Waals surface area contributed by atoms with E-state index in [0.717, 1.165) is 0 Å². The highest BCUT2D eigenvalue weighted by atomic mass is 16.5. The molecule has 1 unspecified atom stereocenters. The lowest BCUT2D eigenvalue weighted by atomic mass is 10.2. The Bertz CT molecular complexity index is 774. The van der Waals surface area contributed by atoms with Crippen molar-refractivity contribution < 1.29 is 18.9 Å². The van der Waals surface area contributed by atoms with Crippen molar-refractivity contribution in [3.63, 3.8) is 0 Å². The summed E-state index contributed by atoms with van der Waals surface area (Å²) < 4.78 is 4.86. The maximum atomic E-state index is 12.2.